The van der Waals surface area contributed by atoms with Gasteiger partial charge < -0.3 is 14.2 Å². The molecule has 0 unspecified atom stereocenters. The van der Waals surface area contributed by atoms with Gasteiger partial charge in [-0.2, -0.15) is 0 Å². The molecule has 0 N–H and O–H groups in total. The number of halogens is 1. The second kappa shape index (κ2) is 6.15. The molecule has 0 aromatic heterocycles. The largest absolute Gasteiger partial charge is 0.493 e. The van der Waals surface area contributed by atoms with Crippen molar-refractivity contribution in [2.45, 2.75) is 0 Å². The zero-order chi connectivity index (χ0) is 12.8. The smallest absolute Gasteiger partial charge is 0.314 e. The molecule has 1 rings (SSSR count). The highest BCUT2D eigenvalue weighted by Gasteiger charge is 2.20. The maximum absolute atomic E-state index is 10.8. The van der Waals surface area contributed by atoms with Gasteiger partial charge in [-0.05, 0) is 0 Å². The first kappa shape index (κ1) is 13.4. The fourth-order valence-electron chi connectivity index (χ4n) is 1.26. The monoisotopic (exact) mass is 261 g/mol. The first-order valence-electron chi connectivity index (χ1n) is 4.73. The number of nitrogens with zero attached hydrogens (tertiary/aromatic N) is 1. The number of alkyl halides is 1. The van der Waals surface area contributed by atoms with E-state index < -0.39 is 4.92 Å². The van der Waals surface area contributed by atoms with Crippen LogP contribution in [0, 0.1) is 10.1 Å². The van der Waals surface area contributed by atoms with Crippen LogP contribution in [0.4, 0.5) is 5.69 Å². The van der Waals surface area contributed by atoms with E-state index in [1.165, 1.54) is 26.4 Å². The molecule has 1 aromatic carbocycles. The maximum Gasteiger partial charge on any atom is 0.314 e. The molecule has 0 saturated carbocycles. The lowest BCUT2D eigenvalue weighted by Gasteiger charge is -2.10. The van der Waals surface area contributed by atoms with E-state index in [4.69, 9.17) is 25.8 Å². The second-order valence-corrected chi connectivity index (χ2v) is 3.35. The van der Waals surface area contributed by atoms with E-state index in [1.807, 2.05) is 0 Å². The van der Waals surface area contributed by atoms with Crippen molar-refractivity contribution in [3.63, 3.8) is 0 Å². The molecule has 0 saturated heterocycles. The Balaban J connectivity index is 3.19. The molecule has 6 nitrogen and oxygen atoms in total. The molecule has 0 atom stereocenters. The van der Waals surface area contributed by atoms with Crippen LogP contribution >= 0.6 is 11.6 Å². The average molecular weight is 262 g/mol. The zero-order valence-electron chi connectivity index (χ0n) is 9.44. The third-order valence-corrected chi connectivity index (χ3v) is 2.15. The van der Waals surface area contributed by atoms with Gasteiger partial charge in [-0.3, -0.25) is 10.1 Å². The van der Waals surface area contributed by atoms with Crippen molar-refractivity contribution in [3.05, 3.63) is 22.2 Å². The van der Waals surface area contributed by atoms with Crippen LogP contribution in [0.2, 0.25) is 0 Å². The summed E-state index contributed by atoms with van der Waals surface area (Å²) in [5.41, 5.74) is -0.187. The van der Waals surface area contributed by atoms with Crippen molar-refractivity contribution in [1.82, 2.24) is 0 Å². The molecule has 7 heteroatoms. The van der Waals surface area contributed by atoms with Crippen LogP contribution in [0.3, 0.4) is 0 Å². The number of benzene rings is 1. The van der Waals surface area contributed by atoms with Gasteiger partial charge in [0.05, 0.1) is 31.1 Å². The number of methoxy groups -OCH3 is 2. The molecule has 94 valence electrons. The van der Waals surface area contributed by atoms with Crippen LogP contribution in [-0.4, -0.2) is 31.6 Å². The zero-order valence-corrected chi connectivity index (χ0v) is 10.2. The standard InChI is InChI=1S/C10H12ClNO5/c1-15-9-5-7(12(13)14)8(17-4-3-11)6-10(9)16-2/h5-6H,3-4H2,1-2H3. The summed E-state index contributed by atoms with van der Waals surface area (Å²) in [7, 11) is 2.84. The Hall–Kier alpha value is -1.69. The normalized spacial score (nSPS) is 9.82. The molecular formula is C10H12ClNO5. The molecule has 0 amide bonds. The van der Waals surface area contributed by atoms with Crippen LogP contribution in [-0.2, 0) is 0 Å². The highest BCUT2D eigenvalue weighted by atomic mass is 35.5. The molecular weight excluding hydrogens is 250 g/mol. The molecule has 1 aromatic rings. The molecule has 0 aliphatic rings. The summed E-state index contributed by atoms with van der Waals surface area (Å²) in [6, 6.07) is 2.66. The van der Waals surface area contributed by atoms with Gasteiger partial charge in [0, 0.05) is 6.07 Å². The predicted molar refractivity (Wildman–Crippen MR) is 62.4 cm³/mol. The summed E-state index contributed by atoms with van der Waals surface area (Å²) in [5, 5.41) is 10.8. The van der Waals surface area contributed by atoms with Crippen molar-refractivity contribution in [2.75, 3.05) is 26.7 Å². The van der Waals surface area contributed by atoms with E-state index in [-0.39, 0.29) is 29.7 Å². The van der Waals surface area contributed by atoms with E-state index in [1.54, 1.807) is 0 Å². The molecule has 0 bridgehead atoms. The molecule has 0 heterocycles. The van der Waals surface area contributed by atoms with Gasteiger partial charge in [-0.1, -0.05) is 0 Å². The van der Waals surface area contributed by atoms with E-state index >= 15 is 0 Å². The van der Waals surface area contributed by atoms with E-state index in [0.717, 1.165) is 0 Å². The Morgan fingerprint density at radius 1 is 1.24 bits per heavy atom. The summed E-state index contributed by atoms with van der Waals surface area (Å²) >= 11 is 5.46. The van der Waals surface area contributed by atoms with Gasteiger partial charge in [-0.25, -0.2) is 0 Å². The SMILES string of the molecule is COc1cc(OCCCl)c([N+](=O)[O-])cc1OC. The highest BCUT2D eigenvalue weighted by Crippen LogP contribution is 2.38. The number of ether oxygens (including phenoxy) is 3. The van der Waals surface area contributed by atoms with Gasteiger partial charge in [0.2, 0.25) is 5.75 Å². The van der Waals surface area contributed by atoms with Gasteiger partial charge in [0.1, 0.15) is 6.61 Å². The minimum Gasteiger partial charge on any atom is -0.493 e. The lowest BCUT2D eigenvalue weighted by molar-refractivity contribution is -0.385. The summed E-state index contributed by atoms with van der Waals surface area (Å²) in [6.45, 7) is 0.178. The quantitative estimate of drug-likeness (QED) is 0.446. The molecule has 0 radical (unpaired) electrons. The first-order valence-corrected chi connectivity index (χ1v) is 5.26. The topological polar surface area (TPSA) is 70.8 Å². The average Bonchev–Trinajstić information content (AvgIpc) is 2.34. The van der Waals surface area contributed by atoms with Crippen molar-refractivity contribution in [1.29, 1.82) is 0 Å². The fourth-order valence-corrected chi connectivity index (χ4v) is 1.33. The van der Waals surface area contributed by atoms with Gasteiger partial charge in [-0.15, -0.1) is 11.6 Å². The van der Waals surface area contributed by atoms with Crippen LogP contribution in [0.1, 0.15) is 0 Å². The van der Waals surface area contributed by atoms with Crippen LogP contribution in [0.25, 0.3) is 0 Å². The Labute approximate surface area is 103 Å². The van der Waals surface area contributed by atoms with E-state index in [2.05, 4.69) is 0 Å². The number of hydrogen-bond acceptors (Lipinski definition) is 5. The first-order chi connectivity index (χ1) is 8.13. The summed E-state index contributed by atoms with van der Waals surface area (Å²) in [4.78, 5) is 10.3. The van der Waals surface area contributed by atoms with E-state index in [9.17, 15) is 10.1 Å². The van der Waals surface area contributed by atoms with E-state index in [0.29, 0.717) is 5.75 Å². The number of rotatable bonds is 6. The van der Waals surface area contributed by atoms with Crippen molar-refractivity contribution in [3.8, 4) is 17.2 Å². The molecule has 0 fully saturated rings. The minimum absolute atomic E-state index is 0.105. The van der Waals surface area contributed by atoms with Gasteiger partial charge >= 0.3 is 5.69 Å². The fraction of sp³-hybridized carbons (Fsp3) is 0.400. The number of hydrogen-bond donors (Lipinski definition) is 0. The van der Waals surface area contributed by atoms with Crippen molar-refractivity contribution in [2.24, 2.45) is 0 Å². The maximum atomic E-state index is 10.8. The molecule has 17 heavy (non-hydrogen) atoms. The van der Waals surface area contributed by atoms with Crippen LogP contribution < -0.4 is 14.2 Å². The second-order valence-electron chi connectivity index (χ2n) is 2.97. The summed E-state index contributed by atoms with van der Waals surface area (Å²) < 4.78 is 15.2. The Bertz CT molecular complexity index is 410. The third kappa shape index (κ3) is 3.13. The summed E-state index contributed by atoms with van der Waals surface area (Å²) in [5.74, 6) is 0.985. The lowest BCUT2D eigenvalue weighted by atomic mass is 10.2. The molecule has 0 aliphatic carbocycles. The lowest BCUT2D eigenvalue weighted by Crippen LogP contribution is -2.02. The molecule has 0 spiro atoms. The Kier molecular flexibility index (Phi) is 4.84. The Morgan fingerprint density at radius 3 is 2.29 bits per heavy atom. The minimum atomic E-state index is -0.550. The molecule has 0 aliphatic heterocycles. The van der Waals surface area contributed by atoms with Gasteiger partial charge in [0.25, 0.3) is 0 Å². The number of nitro groups is 1. The van der Waals surface area contributed by atoms with Gasteiger partial charge in [0.15, 0.2) is 11.5 Å². The number of nitro benzene ring substituents is 1. The third-order valence-electron chi connectivity index (χ3n) is 2.00. The highest BCUT2D eigenvalue weighted by molar-refractivity contribution is 6.18. The van der Waals surface area contributed by atoms with Crippen molar-refractivity contribution < 1.29 is 19.1 Å². The predicted octanol–water partition coefficient (Wildman–Crippen LogP) is 2.23. The summed E-state index contributed by atoms with van der Waals surface area (Å²) in [6.07, 6.45) is 0. The van der Waals surface area contributed by atoms with Crippen molar-refractivity contribution >= 4 is 17.3 Å². The van der Waals surface area contributed by atoms with Crippen LogP contribution in [0.15, 0.2) is 12.1 Å². The Morgan fingerprint density at radius 2 is 1.82 bits per heavy atom. The van der Waals surface area contributed by atoms with Crippen LogP contribution in [0.5, 0.6) is 17.2 Å².